The molecule has 0 aromatic carbocycles. The van der Waals surface area contributed by atoms with Gasteiger partial charge in [-0.05, 0) is 12.8 Å². The quantitative estimate of drug-likeness (QED) is 0.593. The van der Waals surface area contributed by atoms with Gasteiger partial charge in [0.2, 0.25) is 5.91 Å². The first kappa shape index (κ1) is 9.43. The Balaban J connectivity index is 3.56. The van der Waals surface area contributed by atoms with Gasteiger partial charge in [0.05, 0.1) is 0 Å². The molecule has 0 saturated heterocycles. The van der Waals surface area contributed by atoms with Gasteiger partial charge >= 0.3 is 0 Å². The molecule has 2 atom stereocenters. The zero-order valence-corrected chi connectivity index (χ0v) is 6.63. The minimum atomic E-state index is -0.260. The van der Waals surface area contributed by atoms with Gasteiger partial charge in [0, 0.05) is 12.0 Å². The summed E-state index contributed by atoms with van der Waals surface area (Å²) in [6.45, 7) is 3.80. The topological polar surface area (TPSA) is 69.1 Å². The van der Waals surface area contributed by atoms with Crippen molar-refractivity contribution in [3.05, 3.63) is 0 Å². The summed E-state index contributed by atoms with van der Waals surface area (Å²) in [6.07, 6.45) is 1.60. The van der Waals surface area contributed by atoms with Gasteiger partial charge < -0.3 is 11.5 Å². The second-order valence-corrected chi connectivity index (χ2v) is 2.71. The summed E-state index contributed by atoms with van der Waals surface area (Å²) in [6, 6.07) is 0.113. The summed E-state index contributed by atoms with van der Waals surface area (Å²) in [4.78, 5) is 10.5. The van der Waals surface area contributed by atoms with Gasteiger partial charge in [-0.15, -0.1) is 0 Å². The Labute approximate surface area is 61.8 Å². The van der Waals surface area contributed by atoms with Gasteiger partial charge in [0.25, 0.3) is 0 Å². The Bertz CT molecular complexity index is 114. The van der Waals surface area contributed by atoms with E-state index in [9.17, 15) is 4.79 Å². The molecule has 3 nitrogen and oxygen atoms in total. The molecular formula is C7H16N2O. The lowest BCUT2D eigenvalue weighted by molar-refractivity contribution is -0.121. The predicted molar refractivity (Wildman–Crippen MR) is 41.2 cm³/mol. The smallest absolute Gasteiger partial charge is 0.220 e. The first-order valence-electron chi connectivity index (χ1n) is 3.62. The molecule has 0 aliphatic carbocycles. The third-order valence-electron chi connectivity index (χ3n) is 1.67. The highest BCUT2D eigenvalue weighted by Gasteiger charge is 2.11. The summed E-state index contributed by atoms with van der Waals surface area (Å²) in [5.41, 5.74) is 10.6. The molecule has 0 bridgehead atoms. The molecule has 0 aromatic rings. The van der Waals surface area contributed by atoms with E-state index in [1.807, 2.05) is 6.92 Å². The van der Waals surface area contributed by atoms with Crippen LogP contribution in [0.25, 0.3) is 0 Å². The van der Waals surface area contributed by atoms with Crippen LogP contribution in [-0.4, -0.2) is 11.9 Å². The van der Waals surface area contributed by atoms with Crippen molar-refractivity contribution < 1.29 is 4.79 Å². The van der Waals surface area contributed by atoms with E-state index in [1.54, 1.807) is 6.92 Å². The minimum Gasteiger partial charge on any atom is -0.369 e. The number of primary amides is 1. The number of carbonyl (C=O) groups is 1. The van der Waals surface area contributed by atoms with Crippen LogP contribution in [0.4, 0.5) is 0 Å². The summed E-state index contributed by atoms with van der Waals surface area (Å²) in [5.74, 6) is -0.348. The van der Waals surface area contributed by atoms with Crippen LogP contribution < -0.4 is 11.5 Å². The average Bonchev–Trinajstić information content (AvgIpc) is 1.87. The Hall–Kier alpha value is -0.570. The van der Waals surface area contributed by atoms with Gasteiger partial charge in [-0.25, -0.2) is 0 Å². The van der Waals surface area contributed by atoms with E-state index in [0.29, 0.717) is 6.42 Å². The molecule has 2 unspecified atom stereocenters. The highest BCUT2D eigenvalue weighted by Crippen LogP contribution is 2.05. The monoisotopic (exact) mass is 144 g/mol. The fourth-order valence-electron chi connectivity index (χ4n) is 0.737. The maximum atomic E-state index is 10.5. The van der Waals surface area contributed by atoms with Gasteiger partial charge in [0.1, 0.15) is 0 Å². The third kappa shape index (κ3) is 3.45. The van der Waals surface area contributed by atoms with Crippen molar-refractivity contribution in [2.75, 3.05) is 0 Å². The number of nitrogens with two attached hydrogens (primary N) is 2. The molecule has 0 aromatic heterocycles. The molecule has 0 aliphatic heterocycles. The number of amides is 1. The second-order valence-electron chi connectivity index (χ2n) is 2.71. The Morgan fingerprint density at radius 3 is 2.40 bits per heavy atom. The molecule has 0 rings (SSSR count). The average molecular weight is 144 g/mol. The normalized spacial score (nSPS) is 16.3. The molecule has 1 amide bonds. The molecule has 0 aliphatic rings. The van der Waals surface area contributed by atoms with Crippen LogP contribution in [0.3, 0.4) is 0 Å². The summed E-state index contributed by atoms with van der Waals surface area (Å²) >= 11 is 0. The molecule has 3 heteroatoms. The number of rotatable bonds is 4. The largest absolute Gasteiger partial charge is 0.369 e. The molecule has 10 heavy (non-hydrogen) atoms. The van der Waals surface area contributed by atoms with Crippen LogP contribution >= 0.6 is 0 Å². The van der Waals surface area contributed by atoms with Gasteiger partial charge in [-0.2, -0.15) is 0 Å². The maximum Gasteiger partial charge on any atom is 0.220 e. The van der Waals surface area contributed by atoms with Crippen molar-refractivity contribution >= 4 is 5.91 Å². The van der Waals surface area contributed by atoms with E-state index in [-0.39, 0.29) is 17.9 Å². The minimum absolute atomic E-state index is 0.0880. The van der Waals surface area contributed by atoms with E-state index in [4.69, 9.17) is 11.5 Å². The zero-order valence-electron chi connectivity index (χ0n) is 6.63. The standard InChI is InChI=1S/C7H16N2O/c1-3-6(8)4-5(2)7(9)10/h5-6H,3-4,8H2,1-2H3,(H2,9,10). The molecule has 0 heterocycles. The van der Waals surface area contributed by atoms with Gasteiger partial charge in [-0.1, -0.05) is 13.8 Å². The van der Waals surface area contributed by atoms with Crippen LogP contribution in [0.2, 0.25) is 0 Å². The SMILES string of the molecule is CCC(N)CC(C)C(N)=O. The van der Waals surface area contributed by atoms with Crippen molar-refractivity contribution in [2.24, 2.45) is 17.4 Å². The molecule has 0 radical (unpaired) electrons. The zero-order chi connectivity index (χ0) is 8.15. The second kappa shape index (κ2) is 4.28. The van der Waals surface area contributed by atoms with Crippen molar-refractivity contribution in [3.8, 4) is 0 Å². The maximum absolute atomic E-state index is 10.5. The van der Waals surface area contributed by atoms with Crippen LogP contribution in [0, 0.1) is 5.92 Å². The summed E-state index contributed by atoms with van der Waals surface area (Å²) < 4.78 is 0. The van der Waals surface area contributed by atoms with E-state index in [0.717, 1.165) is 6.42 Å². The third-order valence-corrected chi connectivity index (χ3v) is 1.67. The lowest BCUT2D eigenvalue weighted by atomic mass is 10.0. The van der Waals surface area contributed by atoms with Crippen molar-refractivity contribution in [2.45, 2.75) is 32.7 Å². The molecular weight excluding hydrogens is 128 g/mol. The molecule has 60 valence electrons. The van der Waals surface area contributed by atoms with Crippen LogP contribution in [0.5, 0.6) is 0 Å². The first-order valence-corrected chi connectivity index (χ1v) is 3.62. The highest BCUT2D eigenvalue weighted by atomic mass is 16.1. The number of hydrogen-bond acceptors (Lipinski definition) is 2. The van der Waals surface area contributed by atoms with Crippen LogP contribution in [0.15, 0.2) is 0 Å². The van der Waals surface area contributed by atoms with Crippen molar-refractivity contribution in [3.63, 3.8) is 0 Å². The highest BCUT2D eigenvalue weighted by molar-refractivity contribution is 5.76. The molecule has 0 saturated carbocycles. The van der Waals surface area contributed by atoms with E-state index in [2.05, 4.69) is 0 Å². The van der Waals surface area contributed by atoms with E-state index in [1.165, 1.54) is 0 Å². The van der Waals surface area contributed by atoms with Crippen LogP contribution in [-0.2, 0) is 4.79 Å². The first-order chi connectivity index (χ1) is 4.57. The Morgan fingerprint density at radius 1 is 1.60 bits per heavy atom. The van der Waals surface area contributed by atoms with Gasteiger partial charge in [-0.3, -0.25) is 4.79 Å². The van der Waals surface area contributed by atoms with E-state index < -0.39 is 0 Å². The predicted octanol–water partition coefficient (Wildman–Crippen LogP) is 0.235. The Morgan fingerprint density at radius 2 is 2.10 bits per heavy atom. The Kier molecular flexibility index (Phi) is 4.03. The number of carbonyl (C=O) groups excluding carboxylic acids is 1. The fourth-order valence-corrected chi connectivity index (χ4v) is 0.737. The molecule has 4 N–H and O–H groups in total. The lowest BCUT2D eigenvalue weighted by Gasteiger charge is -2.11. The van der Waals surface area contributed by atoms with Gasteiger partial charge in [0.15, 0.2) is 0 Å². The summed E-state index contributed by atoms with van der Waals surface area (Å²) in [7, 11) is 0. The van der Waals surface area contributed by atoms with Crippen LogP contribution in [0.1, 0.15) is 26.7 Å². The fraction of sp³-hybridized carbons (Fsp3) is 0.857. The molecule has 0 fully saturated rings. The summed E-state index contributed by atoms with van der Waals surface area (Å²) in [5, 5.41) is 0. The van der Waals surface area contributed by atoms with Crippen molar-refractivity contribution in [1.29, 1.82) is 0 Å². The van der Waals surface area contributed by atoms with E-state index >= 15 is 0 Å². The number of hydrogen-bond donors (Lipinski definition) is 2. The lowest BCUT2D eigenvalue weighted by Crippen LogP contribution is -2.28. The molecule has 0 spiro atoms. The van der Waals surface area contributed by atoms with Crippen molar-refractivity contribution in [1.82, 2.24) is 0 Å².